The van der Waals surface area contributed by atoms with Crippen molar-refractivity contribution >= 4 is 5.91 Å². The van der Waals surface area contributed by atoms with Gasteiger partial charge in [0, 0.05) is 50.4 Å². The molecule has 7 heteroatoms. The second-order valence-corrected chi connectivity index (χ2v) is 7.03. The van der Waals surface area contributed by atoms with E-state index < -0.39 is 0 Å². The summed E-state index contributed by atoms with van der Waals surface area (Å²) in [6.07, 6.45) is 4.87. The fourth-order valence-corrected chi connectivity index (χ4v) is 3.78. The number of likely N-dealkylation sites (tertiary alicyclic amines) is 1. The highest BCUT2D eigenvalue weighted by Gasteiger charge is 2.31. The summed E-state index contributed by atoms with van der Waals surface area (Å²) in [6, 6.07) is 3.70. The number of pyridine rings is 1. The molecular formula is C19H25N5O2. The van der Waals surface area contributed by atoms with E-state index in [1.54, 1.807) is 13.3 Å². The van der Waals surface area contributed by atoms with Crippen LogP contribution in [0.25, 0.3) is 11.4 Å². The Morgan fingerprint density at radius 2 is 2.08 bits per heavy atom. The molecular weight excluding hydrogens is 330 g/mol. The molecule has 1 N–H and O–H groups in total. The van der Waals surface area contributed by atoms with E-state index in [0.717, 1.165) is 68.2 Å². The number of imidazole rings is 1. The van der Waals surface area contributed by atoms with Gasteiger partial charge in [-0.25, -0.2) is 9.97 Å². The summed E-state index contributed by atoms with van der Waals surface area (Å²) >= 11 is 0. The van der Waals surface area contributed by atoms with Crippen molar-refractivity contribution in [2.75, 3.05) is 26.7 Å². The van der Waals surface area contributed by atoms with Gasteiger partial charge in [0.1, 0.15) is 5.82 Å². The largest absolute Gasteiger partial charge is 0.481 e. The van der Waals surface area contributed by atoms with Gasteiger partial charge in [-0.3, -0.25) is 9.69 Å². The highest BCUT2D eigenvalue weighted by Crippen LogP contribution is 2.25. The number of nitrogens with zero attached hydrogens (tertiary/aromatic N) is 4. The second kappa shape index (κ2) is 7.07. The number of hydrogen-bond donors (Lipinski definition) is 1. The van der Waals surface area contributed by atoms with Crippen LogP contribution < -0.4 is 4.74 Å². The van der Waals surface area contributed by atoms with Crippen LogP contribution in [0.15, 0.2) is 18.3 Å². The van der Waals surface area contributed by atoms with E-state index in [1.807, 2.05) is 24.0 Å². The van der Waals surface area contributed by atoms with Crippen molar-refractivity contribution in [1.82, 2.24) is 24.8 Å². The first-order chi connectivity index (χ1) is 12.7. The normalized spacial score (nSPS) is 18.6. The number of ether oxygens (including phenoxy) is 1. The molecule has 0 radical (unpaired) electrons. The number of hydrogen-bond acceptors (Lipinski definition) is 5. The predicted molar refractivity (Wildman–Crippen MR) is 97.8 cm³/mol. The molecule has 0 spiro atoms. The van der Waals surface area contributed by atoms with Crippen LogP contribution in [0.2, 0.25) is 0 Å². The molecule has 1 saturated heterocycles. The Labute approximate surface area is 153 Å². The number of aromatic nitrogens is 3. The quantitative estimate of drug-likeness (QED) is 0.906. The van der Waals surface area contributed by atoms with Crippen molar-refractivity contribution in [3.63, 3.8) is 0 Å². The molecule has 7 nitrogen and oxygen atoms in total. The van der Waals surface area contributed by atoms with Crippen molar-refractivity contribution in [3.8, 4) is 17.3 Å². The highest BCUT2D eigenvalue weighted by molar-refractivity contribution is 5.81. The van der Waals surface area contributed by atoms with Gasteiger partial charge in [-0.1, -0.05) is 0 Å². The molecule has 2 aromatic rings. The molecule has 0 aliphatic carbocycles. The Morgan fingerprint density at radius 3 is 2.77 bits per heavy atom. The fourth-order valence-electron chi connectivity index (χ4n) is 3.78. The lowest BCUT2D eigenvalue weighted by molar-refractivity contribution is -0.135. The lowest BCUT2D eigenvalue weighted by Crippen LogP contribution is -2.47. The van der Waals surface area contributed by atoms with E-state index in [1.165, 1.54) is 0 Å². The molecule has 138 valence electrons. The third-order valence-electron chi connectivity index (χ3n) is 5.40. The van der Waals surface area contributed by atoms with Gasteiger partial charge in [0.05, 0.1) is 24.5 Å². The Morgan fingerprint density at radius 1 is 1.27 bits per heavy atom. The van der Waals surface area contributed by atoms with Crippen molar-refractivity contribution in [2.24, 2.45) is 0 Å². The zero-order valence-electron chi connectivity index (χ0n) is 15.4. The smallest absolute Gasteiger partial charge is 0.239 e. The molecule has 1 unspecified atom stereocenters. The Balaban J connectivity index is 1.48. The number of carbonyl (C=O) groups is 1. The molecule has 26 heavy (non-hydrogen) atoms. The van der Waals surface area contributed by atoms with Crippen molar-refractivity contribution < 1.29 is 9.53 Å². The third-order valence-corrected chi connectivity index (χ3v) is 5.40. The SMILES string of the molecule is COc1ccc(-c2nc3c([nH]2)CN(C(C)C(=O)N2CCCC2)CC3)cn1. The number of rotatable bonds is 4. The lowest BCUT2D eigenvalue weighted by atomic mass is 10.1. The van der Waals surface area contributed by atoms with E-state index >= 15 is 0 Å². The maximum Gasteiger partial charge on any atom is 0.239 e. The molecule has 2 aliphatic heterocycles. The van der Waals surface area contributed by atoms with E-state index in [2.05, 4.69) is 14.9 Å². The van der Waals surface area contributed by atoms with Crippen LogP contribution in [0, 0.1) is 0 Å². The summed E-state index contributed by atoms with van der Waals surface area (Å²) in [5.74, 6) is 1.67. The molecule has 1 fully saturated rings. The topological polar surface area (TPSA) is 74.3 Å². The Bertz CT molecular complexity index is 780. The molecule has 0 aromatic carbocycles. The van der Waals surface area contributed by atoms with Crippen LogP contribution in [0.3, 0.4) is 0 Å². The zero-order valence-corrected chi connectivity index (χ0v) is 15.4. The van der Waals surface area contributed by atoms with E-state index in [9.17, 15) is 4.79 Å². The van der Waals surface area contributed by atoms with Crippen LogP contribution in [-0.4, -0.2) is 63.4 Å². The van der Waals surface area contributed by atoms with Gasteiger partial charge in [-0.15, -0.1) is 0 Å². The number of methoxy groups -OCH3 is 1. The van der Waals surface area contributed by atoms with E-state index in [4.69, 9.17) is 9.72 Å². The van der Waals surface area contributed by atoms with E-state index in [-0.39, 0.29) is 11.9 Å². The second-order valence-electron chi connectivity index (χ2n) is 7.03. The summed E-state index contributed by atoms with van der Waals surface area (Å²) in [5.41, 5.74) is 3.13. The van der Waals surface area contributed by atoms with Crippen LogP contribution in [0.4, 0.5) is 0 Å². The average Bonchev–Trinajstić information content (AvgIpc) is 3.36. The van der Waals surface area contributed by atoms with Crippen molar-refractivity contribution in [2.45, 2.75) is 38.8 Å². The molecule has 0 saturated carbocycles. The maximum absolute atomic E-state index is 12.7. The maximum atomic E-state index is 12.7. The first-order valence-corrected chi connectivity index (χ1v) is 9.26. The molecule has 0 bridgehead atoms. The number of H-pyrrole nitrogens is 1. The molecule has 4 heterocycles. The van der Waals surface area contributed by atoms with Crippen LogP contribution in [0.1, 0.15) is 31.2 Å². The first-order valence-electron chi connectivity index (χ1n) is 9.26. The van der Waals surface area contributed by atoms with Crippen molar-refractivity contribution in [1.29, 1.82) is 0 Å². The fraction of sp³-hybridized carbons (Fsp3) is 0.526. The number of amides is 1. The molecule has 2 aromatic heterocycles. The van der Waals surface area contributed by atoms with Crippen LogP contribution in [-0.2, 0) is 17.8 Å². The van der Waals surface area contributed by atoms with Crippen LogP contribution in [0.5, 0.6) is 5.88 Å². The molecule has 1 atom stereocenters. The van der Waals surface area contributed by atoms with Gasteiger partial charge in [-0.2, -0.15) is 0 Å². The lowest BCUT2D eigenvalue weighted by Gasteiger charge is -2.33. The van der Waals surface area contributed by atoms with Crippen LogP contribution >= 0.6 is 0 Å². The summed E-state index contributed by atoms with van der Waals surface area (Å²) in [5, 5.41) is 0. The van der Waals surface area contributed by atoms with Gasteiger partial charge >= 0.3 is 0 Å². The Kier molecular flexibility index (Phi) is 4.63. The minimum atomic E-state index is -0.0874. The predicted octanol–water partition coefficient (Wildman–Crippen LogP) is 1.85. The zero-order chi connectivity index (χ0) is 18.1. The molecule has 1 amide bonds. The number of carbonyl (C=O) groups excluding carboxylic acids is 1. The number of nitrogens with one attached hydrogen (secondary N) is 1. The monoisotopic (exact) mass is 355 g/mol. The Hall–Kier alpha value is -2.41. The first kappa shape index (κ1) is 17.0. The third kappa shape index (κ3) is 3.19. The summed E-state index contributed by atoms with van der Waals surface area (Å²) < 4.78 is 5.11. The molecule has 2 aliphatic rings. The number of fused-ring (bicyclic) bond motifs is 1. The summed E-state index contributed by atoms with van der Waals surface area (Å²) in [4.78, 5) is 29.3. The standard InChI is InChI=1S/C19H25N5O2/c1-13(19(25)23-8-3-4-9-23)24-10-7-15-16(12-24)22-18(21-15)14-5-6-17(26-2)20-11-14/h5-6,11,13H,3-4,7-10,12H2,1-2H3,(H,21,22). The van der Waals surface area contributed by atoms with Gasteiger partial charge < -0.3 is 14.6 Å². The van der Waals surface area contributed by atoms with E-state index in [0.29, 0.717) is 5.88 Å². The van der Waals surface area contributed by atoms with Gasteiger partial charge in [0.15, 0.2) is 0 Å². The average molecular weight is 355 g/mol. The van der Waals surface area contributed by atoms with Gasteiger partial charge in [-0.05, 0) is 25.8 Å². The minimum Gasteiger partial charge on any atom is -0.481 e. The highest BCUT2D eigenvalue weighted by atomic mass is 16.5. The van der Waals surface area contributed by atoms with Crippen molar-refractivity contribution in [3.05, 3.63) is 29.7 Å². The van der Waals surface area contributed by atoms with Gasteiger partial charge in [0.25, 0.3) is 0 Å². The number of aromatic amines is 1. The van der Waals surface area contributed by atoms with Gasteiger partial charge in [0.2, 0.25) is 11.8 Å². The minimum absolute atomic E-state index is 0.0874. The summed E-state index contributed by atoms with van der Waals surface area (Å²) in [7, 11) is 1.60. The summed E-state index contributed by atoms with van der Waals surface area (Å²) in [6.45, 7) is 5.42. The molecule has 4 rings (SSSR count).